The number of imidazole rings is 1. The molecule has 2 heteroatoms. The molecule has 80 valence electrons. The number of rotatable bonds is 8. The second-order valence-electron chi connectivity index (χ2n) is 3.97. The molecule has 0 aliphatic heterocycles. The van der Waals surface area contributed by atoms with E-state index in [0.29, 0.717) is 0 Å². The molecule has 0 spiro atoms. The number of unbranched alkanes of at least 4 members (excludes halogenated alkanes) is 6. The number of H-pyrrole nitrogens is 1. The summed E-state index contributed by atoms with van der Waals surface area (Å²) in [5.74, 6) is 0. The Morgan fingerprint density at radius 2 is 1.71 bits per heavy atom. The van der Waals surface area contributed by atoms with Crippen molar-refractivity contribution in [2.45, 2.75) is 58.4 Å². The molecule has 2 nitrogen and oxygen atoms in total. The van der Waals surface area contributed by atoms with Gasteiger partial charge in [0.15, 0.2) is 0 Å². The van der Waals surface area contributed by atoms with Gasteiger partial charge >= 0.3 is 0 Å². The molecule has 1 aromatic heterocycles. The Morgan fingerprint density at radius 3 is 2.36 bits per heavy atom. The highest BCUT2D eigenvalue weighted by Crippen LogP contribution is 2.06. The fourth-order valence-corrected chi connectivity index (χ4v) is 1.71. The van der Waals surface area contributed by atoms with Crippen LogP contribution in [0.15, 0.2) is 18.7 Å². The Morgan fingerprint density at radius 1 is 1.00 bits per heavy atom. The highest BCUT2D eigenvalue weighted by Gasteiger charge is 1.96. The first kappa shape index (κ1) is 11.3. The number of aryl methyl sites for hydroxylation is 1. The zero-order valence-corrected chi connectivity index (χ0v) is 9.34. The maximum absolute atomic E-state index is 3.06. The van der Waals surface area contributed by atoms with Crippen LogP contribution < -0.4 is 4.57 Å². The van der Waals surface area contributed by atoms with Crippen molar-refractivity contribution < 1.29 is 4.57 Å². The van der Waals surface area contributed by atoms with Gasteiger partial charge in [0.2, 0.25) is 6.33 Å². The fourth-order valence-electron chi connectivity index (χ4n) is 1.71. The molecule has 0 bridgehead atoms. The third-order valence-electron chi connectivity index (χ3n) is 2.62. The van der Waals surface area contributed by atoms with Crippen LogP contribution in [0.1, 0.15) is 51.9 Å². The van der Waals surface area contributed by atoms with Gasteiger partial charge in [0.25, 0.3) is 0 Å². The van der Waals surface area contributed by atoms with Crippen molar-refractivity contribution in [3.8, 4) is 0 Å². The molecule has 14 heavy (non-hydrogen) atoms. The molecule has 0 saturated heterocycles. The SMILES string of the molecule is CCCCCCCCC[n+]1cc[nH]c1. The Labute approximate surface area is 87.4 Å². The Bertz CT molecular complexity index is 204. The molecule has 0 aliphatic carbocycles. The van der Waals surface area contributed by atoms with E-state index < -0.39 is 0 Å². The molecule has 0 unspecified atom stereocenters. The normalized spacial score (nSPS) is 10.6. The lowest BCUT2D eigenvalue weighted by Gasteiger charge is -1.99. The van der Waals surface area contributed by atoms with Gasteiger partial charge in [0, 0.05) is 0 Å². The third kappa shape index (κ3) is 5.05. The van der Waals surface area contributed by atoms with Crippen molar-refractivity contribution in [2.75, 3.05) is 0 Å². The second kappa shape index (κ2) is 7.60. The number of aromatic nitrogens is 2. The molecule has 1 N–H and O–H groups in total. The van der Waals surface area contributed by atoms with Crippen LogP contribution in [-0.4, -0.2) is 4.98 Å². The minimum atomic E-state index is 1.16. The summed E-state index contributed by atoms with van der Waals surface area (Å²) in [5, 5.41) is 0. The lowest BCUT2D eigenvalue weighted by molar-refractivity contribution is -0.696. The lowest BCUT2D eigenvalue weighted by atomic mass is 10.1. The van der Waals surface area contributed by atoms with E-state index in [9.17, 15) is 0 Å². The molecular formula is C12H23N2+. The molecule has 0 atom stereocenters. The van der Waals surface area contributed by atoms with Gasteiger partial charge < -0.3 is 0 Å². The smallest absolute Gasteiger partial charge is 0.241 e. The molecule has 0 radical (unpaired) electrons. The molecule has 0 saturated carbocycles. The first-order valence-corrected chi connectivity index (χ1v) is 5.95. The van der Waals surface area contributed by atoms with E-state index in [2.05, 4.69) is 22.7 Å². The van der Waals surface area contributed by atoms with Gasteiger partial charge in [-0.1, -0.05) is 39.0 Å². The summed E-state index contributed by atoms with van der Waals surface area (Å²) in [7, 11) is 0. The third-order valence-corrected chi connectivity index (χ3v) is 2.62. The van der Waals surface area contributed by atoms with E-state index in [1.54, 1.807) is 0 Å². The largest absolute Gasteiger partial charge is 0.250 e. The predicted molar refractivity (Wildman–Crippen MR) is 59.0 cm³/mol. The average molecular weight is 195 g/mol. The summed E-state index contributed by atoms with van der Waals surface area (Å²) in [4.78, 5) is 3.06. The molecule has 1 aromatic rings. The molecule has 1 heterocycles. The maximum atomic E-state index is 3.06. The molecule has 0 amide bonds. The van der Waals surface area contributed by atoms with Crippen LogP contribution in [0.3, 0.4) is 0 Å². The highest BCUT2D eigenvalue weighted by molar-refractivity contribution is 4.55. The topological polar surface area (TPSA) is 19.7 Å². The van der Waals surface area contributed by atoms with Gasteiger partial charge in [-0.2, -0.15) is 0 Å². The molecular weight excluding hydrogens is 172 g/mol. The number of nitrogens with one attached hydrogen (secondary N) is 1. The van der Waals surface area contributed by atoms with Crippen molar-refractivity contribution in [1.29, 1.82) is 0 Å². The quantitative estimate of drug-likeness (QED) is 0.486. The monoisotopic (exact) mass is 195 g/mol. The minimum Gasteiger partial charge on any atom is -0.250 e. The summed E-state index contributed by atoms with van der Waals surface area (Å²) in [6.07, 6.45) is 15.8. The summed E-state index contributed by atoms with van der Waals surface area (Å²) >= 11 is 0. The van der Waals surface area contributed by atoms with E-state index in [0.717, 1.165) is 6.54 Å². The number of aromatic amines is 1. The van der Waals surface area contributed by atoms with E-state index in [1.165, 1.54) is 44.9 Å². The van der Waals surface area contributed by atoms with E-state index >= 15 is 0 Å². The first-order chi connectivity index (χ1) is 6.93. The van der Waals surface area contributed by atoms with E-state index in [4.69, 9.17) is 0 Å². The standard InChI is InChI=1S/C12H22N2/c1-2-3-4-5-6-7-8-10-14-11-9-13-12-14/h9,11-12H,2-8,10H2,1H3/p+1. The van der Waals surface area contributed by atoms with Gasteiger partial charge in [0.05, 0.1) is 6.54 Å². The number of hydrogen-bond donors (Lipinski definition) is 1. The first-order valence-electron chi connectivity index (χ1n) is 5.95. The molecule has 0 aliphatic rings. The van der Waals surface area contributed by atoms with Crippen molar-refractivity contribution in [3.05, 3.63) is 18.7 Å². The zero-order chi connectivity index (χ0) is 10.1. The van der Waals surface area contributed by atoms with Gasteiger partial charge in [-0.05, 0) is 12.8 Å². The van der Waals surface area contributed by atoms with E-state index in [1.807, 2.05) is 12.5 Å². The molecule has 1 rings (SSSR count). The Hall–Kier alpha value is -0.790. The predicted octanol–water partition coefficient (Wildman–Crippen LogP) is 3.05. The van der Waals surface area contributed by atoms with Crippen LogP contribution in [0.25, 0.3) is 0 Å². The zero-order valence-electron chi connectivity index (χ0n) is 9.34. The lowest BCUT2D eigenvalue weighted by Crippen LogP contribution is -2.30. The van der Waals surface area contributed by atoms with Crippen LogP contribution in [0.4, 0.5) is 0 Å². The van der Waals surface area contributed by atoms with Crippen LogP contribution in [-0.2, 0) is 6.54 Å². The van der Waals surface area contributed by atoms with Crippen LogP contribution in [0, 0.1) is 0 Å². The second-order valence-corrected chi connectivity index (χ2v) is 3.97. The molecule has 0 fully saturated rings. The highest BCUT2D eigenvalue weighted by atomic mass is 15.0. The molecule has 0 aromatic carbocycles. The van der Waals surface area contributed by atoms with Gasteiger partial charge in [-0.3, -0.25) is 4.98 Å². The minimum absolute atomic E-state index is 1.16. The summed E-state index contributed by atoms with van der Waals surface area (Å²) < 4.78 is 2.21. The Kier molecular flexibility index (Phi) is 6.13. The Balaban J connectivity index is 1.85. The van der Waals surface area contributed by atoms with Crippen LogP contribution in [0.5, 0.6) is 0 Å². The van der Waals surface area contributed by atoms with Crippen molar-refractivity contribution in [2.24, 2.45) is 0 Å². The van der Waals surface area contributed by atoms with Gasteiger partial charge in [-0.15, -0.1) is 0 Å². The summed E-state index contributed by atoms with van der Waals surface area (Å²) in [6, 6.07) is 0. The fraction of sp³-hybridized carbons (Fsp3) is 0.750. The van der Waals surface area contributed by atoms with Crippen molar-refractivity contribution >= 4 is 0 Å². The van der Waals surface area contributed by atoms with Crippen LogP contribution >= 0.6 is 0 Å². The number of hydrogen-bond acceptors (Lipinski definition) is 0. The number of nitrogens with zero attached hydrogens (tertiary/aromatic N) is 1. The summed E-state index contributed by atoms with van der Waals surface area (Å²) in [6.45, 7) is 3.43. The van der Waals surface area contributed by atoms with E-state index in [-0.39, 0.29) is 0 Å². The van der Waals surface area contributed by atoms with Gasteiger partial charge in [0.1, 0.15) is 12.4 Å². The maximum Gasteiger partial charge on any atom is 0.241 e. The van der Waals surface area contributed by atoms with Gasteiger partial charge in [-0.25, -0.2) is 4.57 Å². The van der Waals surface area contributed by atoms with Crippen molar-refractivity contribution in [3.63, 3.8) is 0 Å². The van der Waals surface area contributed by atoms with Crippen molar-refractivity contribution in [1.82, 2.24) is 4.98 Å². The summed E-state index contributed by atoms with van der Waals surface area (Å²) in [5.41, 5.74) is 0. The average Bonchev–Trinajstić information content (AvgIpc) is 2.69. The van der Waals surface area contributed by atoms with Crippen LogP contribution in [0.2, 0.25) is 0 Å².